The summed E-state index contributed by atoms with van der Waals surface area (Å²) in [4.78, 5) is 13.8. The van der Waals surface area contributed by atoms with Gasteiger partial charge in [-0.05, 0) is 44.5 Å². The van der Waals surface area contributed by atoms with Crippen LogP contribution in [0.1, 0.15) is 38.7 Å². The molecule has 2 atom stereocenters. The molecule has 2 N–H and O–H groups in total. The topological polar surface area (TPSA) is 61.8 Å². The first-order chi connectivity index (χ1) is 11.5. The molecule has 1 heterocycles. The molecule has 2 fully saturated rings. The van der Waals surface area contributed by atoms with Crippen LogP contribution in [0.3, 0.4) is 0 Å². The Bertz CT molecular complexity index is 580. The lowest BCUT2D eigenvalue weighted by Crippen LogP contribution is -2.62. The summed E-state index contributed by atoms with van der Waals surface area (Å²) in [5.41, 5.74) is 1.99. The van der Waals surface area contributed by atoms with Gasteiger partial charge in [0.1, 0.15) is 0 Å². The molecule has 24 heavy (non-hydrogen) atoms. The van der Waals surface area contributed by atoms with E-state index in [4.69, 9.17) is 4.74 Å². The smallest absolute Gasteiger partial charge is 0.221 e. The number of hydrogen-bond acceptors (Lipinski definition) is 4. The van der Waals surface area contributed by atoms with Crippen molar-refractivity contribution in [3.63, 3.8) is 0 Å². The minimum Gasteiger partial charge on any atom is -0.392 e. The summed E-state index contributed by atoms with van der Waals surface area (Å²) in [6.45, 7) is 7.00. The number of ether oxygens (including phenoxy) is 1. The van der Waals surface area contributed by atoms with Crippen molar-refractivity contribution < 1.29 is 14.6 Å². The molecule has 1 aliphatic heterocycles. The van der Waals surface area contributed by atoms with Crippen LogP contribution in [0, 0.1) is 5.41 Å². The van der Waals surface area contributed by atoms with Crippen LogP contribution < -0.4 is 5.32 Å². The summed E-state index contributed by atoms with van der Waals surface area (Å²) < 4.78 is 5.83. The number of rotatable bonds is 5. The van der Waals surface area contributed by atoms with Crippen LogP contribution in [-0.2, 0) is 16.1 Å². The number of carbonyl (C=O) groups excluding carboxylic acids is 1. The van der Waals surface area contributed by atoms with Gasteiger partial charge in [0.25, 0.3) is 0 Å². The number of para-hydroxylation sites is 1. The van der Waals surface area contributed by atoms with Crippen molar-refractivity contribution in [2.75, 3.05) is 25.0 Å². The number of benzene rings is 1. The molecule has 1 spiro atoms. The van der Waals surface area contributed by atoms with Crippen molar-refractivity contribution in [1.82, 2.24) is 4.90 Å². The molecular weight excluding hydrogens is 304 g/mol. The average molecular weight is 332 g/mol. The van der Waals surface area contributed by atoms with E-state index in [0.29, 0.717) is 6.61 Å². The van der Waals surface area contributed by atoms with Crippen molar-refractivity contribution >= 4 is 11.6 Å². The van der Waals surface area contributed by atoms with Crippen molar-refractivity contribution in [3.05, 3.63) is 29.8 Å². The van der Waals surface area contributed by atoms with Crippen LogP contribution in [0.2, 0.25) is 0 Å². The Morgan fingerprint density at radius 2 is 2.08 bits per heavy atom. The van der Waals surface area contributed by atoms with E-state index >= 15 is 0 Å². The molecule has 1 saturated carbocycles. The van der Waals surface area contributed by atoms with Crippen molar-refractivity contribution in [3.8, 4) is 0 Å². The van der Waals surface area contributed by atoms with Gasteiger partial charge in [0.2, 0.25) is 5.91 Å². The summed E-state index contributed by atoms with van der Waals surface area (Å²) in [7, 11) is 0. The van der Waals surface area contributed by atoms with Crippen LogP contribution in [-0.4, -0.2) is 47.8 Å². The van der Waals surface area contributed by atoms with E-state index in [-0.39, 0.29) is 23.5 Å². The zero-order valence-corrected chi connectivity index (χ0v) is 14.6. The number of nitrogens with one attached hydrogen (secondary N) is 1. The van der Waals surface area contributed by atoms with Crippen LogP contribution in [0.25, 0.3) is 0 Å². The van der Waals surface area contributed by atoms with E-state index in [1.165, 1.54) is 6.92 Å². The Balaban J connectivity index is 1.61. The Morgan fingerprint density at radius 3 is 2.71 bits per heavy atom. The van der Waals surface area contributed by atoms with Gasteiger partial charge in [-0.25, -0.2) is 0 Å². The lowest BCUT2D eigenvalue weighted by atomic mass is 9.58. The summed E-state index contributed by atoms with van der Waals surface area (Å²) in [6, 6.07) is 7.96. The second-order valence-corrected chi connectivity index (χ2v) is 7.04. The SMILES string of the molecule is CCOC1CC(O)C12CCN(Cc1ccccc1NC(C)=O)CC2. The van der Waals surface area contributed by atoms with Crippen LogP contribution in [0.15, 0.2) is 24.3 Å². The third-order valence-electron chi connectivity index (χ3n) is 5.62. The molecule has 5 nitrogen and oxygen atoms in total. The molecule has 1 aliphatic carbocycles. The summed E-state index contributed by atoms with van der Waals surface area (Å²) in [6.07, 6.45) is 2.72. The maximum atomic E-state index is 11.4. The van der Waals surface area contributed by atoms with Crippen molar-refractivity contribution in [2.24, 2.45) is 5.41 Å². The van der Waals surface area contributed by atoms with E-state index < -0.39 is 0 Å². The number of amides is 1. The predicted octanol–water partition coefficient (Wildman–Crippen LogP) is 2.40. The molecule has 132 valence electrons. The maximum absolute atomic E-state index is 11.4. The number of likely N-dealkylation sites (tertiary alicyclic amines) is 1. The standard InChI is InChI=1S/C19H28N2O3/c1-3-24-18-12-17(23)19(18)8-10-21(11-9-19)13-15-6-4-5-7-16(15)20-14(2)22/h4-7,17-18,23H,3,8-13H2,1-2H3,(H,20,22). The third kappa shape index (κ3) is 3.34. The van der Waals surface area contributed by atoms with Crippen LogP contribution in [0.5, 0.6) is 0 Å². The summed E-state index contributed by atoms with van der Waals surface area (Å²) >= 11 is 0. The van der Waals surface area contributed by atoms with E-state index in [1.54, 1.807) is 0 Å². The van der Waals surface area contributed by atoms with Crippen LogP contribution >= 0.6 is 0 Å². The highest BCUT2D eigenvalue weighted by Gasteiger charge is 2.55. The number of hydrogen-bond donors (Lipinski definition) is 2. The second kappa shape index (κ2) is 7.21. The zero-order valence-electron chi connectivity index (χ0n) is 14.6. The van der Waals surface area contributed by atoms with Gasteiger partial charge in [0.05, 0.1) is 12.2 Å². The normalized spacial score (nSPS) is 26.1. The quantitative estimate of drug-likeness (QED) is 0.869. The van der Waals surface area contributed by atoms with Crippen molar-refractivity contribution in [1.29, 1.82) is 0 Å². The van der Waals surface area contributed by atoms with Crippen molar-refractivity contribution in [2.45, 2.75) is 51.9 Å². The first kappa shape index (κ1) is 17.4. The first-order valence-electron chi connectivity index (χ1n) is 8.92. The Kier molecular flexibility index (Phi) is 5.23. The molecular formula is C19H28N2O3. The van der Waals surface area contributed by atoms with Gasteiger partial charge in [-0.3, -0.25) is 9.69 Å². The highest BCUT2D eigenvalue weighted by Crippen LogP contribution is 2.51. The monoisotopic (exact) mass is 332 g/mol. The fourth-order valence-corrected chi connectivity index (χ4v) is 4.15. The summed E-state index contributed by atoms with van der Waals surface area (Å²) in [5, 5.41) is 13.2. The molecule has 2 aliphatic rings. The van der Waals surface area contributed by atoms with E-state index in [2.05, 4.69) is 16.3 Å². The zero-order chi connectivity index (χ0) is 17.2. The Hall–Kier alpha value is -1.43. The fraction of sp³-hybridized carbons (Fsp3) is 0.632. The second-order valence-electron chi connectivity index (χ2n) is 7.04. The minimum absolute atomic E-state index is 0.0380. The molecule has 0 bridgehead atoms. The molecule has 0 aromatic heterocycles. The fourth-order valence-electron chi connectivity index (χ4n) is 4.15. The lowest BCUT2D eigenvalue weighted by Gasteiger charge is -2.56. The summed E-state index contributed by atoms with van der Waals surface area (Å²) in [5.74, 6) is -0.0443. The number of nitrogens with zero attached hydrogens (tertiary/aromatic N) is 1. The van der Waals surface area contributed by atoms with Gasteiger partial charge in [0, 0.05) is 37.6 Å². The molecule has 1 amide bonds. The highest BCUT2D eigenvalue weighted by molar-refractivity contribution is 5.89. The third-order valence-corrected chi connectivity index (χ3v) is 5.62. The van der Waals surface area contributed by atoms with Gasteiger partial charge in [-0.1, -0.05) is 18.2 Å². The number of carbonyl (C=O) groups is 1. The molecule has 0 radical (unpaired) electrons. The molecule has 1 aromatic rings. The van der Waals surface area contributed by atoms with E-state index in [1.807, 2.05) is 25.1 Å². The van der Waals surface area contributed by atoms with Gasteiger partial charge in [-0.2, -0.15) is 0 Å². The first-order valence-corrected chi connectivity index (χ1v) is 8.92. The number of piperidine rings is 1. The maximum Gasteiger partial charge on any atom is 0.221 e. The van der Waals surface area contributed by atoms with E-state index in [9.17, 15) is 9.90 Å². The number of aliphatic hydroxyl groups is 1. The molecule has 2 unspecified atom stereocenters. The van der Waals surface area contributed by atoms with Gasteiger partial charge in [-0.15, -0.1) is 0 Å². The molecule has 1 aromatic carbocycles. The van der Waals surface area contributed by atoms with Gasteiger partial charge >= 0.3 is 0 Å². The predicted molar refractivity (Wildman–Crippen MR) is 93.7 cm³/mol. The Morgan fingerprint density at radius 1 is 1.38 bits per heavy atom. The lowest BCUT2D eigenvalue weighted by molar-refractivity contribution is -0.209. The van der Waals surface area contributed by atoms with E-state index in [0.717, 1.165) is 50.1 Å². The van der Waals surface area contributed by atoms with Crippen LogP contribution in [0.4, 0.5) is 5.69 Å². The van der Waals surface area contributed by atoms with Gasteiger partial charge in [0.15, 0.2) is 0 Å². The van der Waals surface area contributed by atoms with Gasteiger partial charge < -0.3 is 15.2 Å². The molecule has 3 rings (SSSR count). The average Bonchev–Trinajstić information content (AvgIpc) is 2.57. The number of anilines is 1. The number of aliphatic hydroxyl groups excluding tert-OH is 1. The highest BCUT2D eigenvalue weighted by atomic mass is 16.5. The Labute approximate surface area is 144 Å². The molecule has 5 heteroatoms. The molecule has 1 saturated heterocycles. The minimum atomic E-state index is -0.220. The largest absolute Gasteiger partial charge is 0.392 e.